The summed E-state index contributed by atoms with van der Waals surface area (Å²) in [5.41, 5.74) is -0.0722. The number of urea groups is 1. The number of carbonyl (C=O) groups is 2. The van der Waals surface area contributed by atoms with Crippen LogP contribution in [0.25, 0.3) is 0 Å². The number of amides is 2. The average molecular weight is 335 g/mol. The molecule has 3 N–H and O–H groups in total. The molecule has 0 saturated carbocycles. The van der Waals surface area contributed by atoms with Crippen LogP contribution < -0.4 is 10.6 Å². The Bertz CT molecular complexity index is 353. The molecule has 2 atom stereocenters. The third-order valence-corrected chi connectivity index (χ3v) is 5.94. The predicted octanol–water partition coefficient (Wildman–Crippen LogP) is 2.27. The van der Waals surface area contributed by atoms with E-state index in [0.29, 0.717) is 18.2 Å². The summed E-state index contributed by atoms with van der Waals surface area (Å²) >= 11 is 3.80. The summed E-state index contributed by atoms with van der Waals surface area (Å²) in [6, 6.07) is -0.272. The maximum atomic E-state index is 11.7. The van der Waals surface area contributed by atoms with Crippen molar-refractivity contribution in [2.45, 2.75) is 32.4 Å². The van der Waals surface area contributed by atoms with Crippen molar-refractivity contribution in [2.24, 2.45) is 11.3 Å². The minimum atomic E-state index is -0.857. The highest BCUT2D eigenvalue weighted by atomic mass is 32.2. The summed E-state index contributed by atoms with van der Waals surface area (Å²) in [5, 5.41) is 15.2. The molecular weight excluding hydrogens is 308 g/mol. The molecule has 0 radical (unpaired) electrons. The Hall–Kier alpha value is -0.560. The van der Waals surface area contributed by atoms with Gasteiger partial charge >= 0.3 is 12.0 Å². The minimum Gasteiger partial charge on any atom is -0.481 e. The Labute approximate surface area is 135 Å². The van der Waals surface area contributed by atoms with E-state index < -0.39 is 11.9 Å². The van der Waals surface area contributed by atoms with Crippen LogP contribution in [0.1, 0.15) is 27.2 Å². The predicted molar refractivity (Wildman–Crippen MR) is 90.2 cm³/mol. The highest BCUT2D eigenvalue weighted by Crippen LogP contribution is 2.24. The first-order valence-electron chi connectivity index (χ1n) is 7.22. The molecule has 0 spiro atoms. The summed E-state index contributed by atoms with van der Waals surface area (Å²) < 4.78 is 0. The van der Waals surface area contributed by atoms with E-state index in [2.05, 4.69) is 10.6 Å². The lowest BCUT2D eigenvalue weighted by atomic mass is 9.84. The Morgan fingerprint density at radius 3 is 2.52 bits per heavy atom. The third kappa shape index (κ3) is 8.46. The second kappa shape index (κ2) is 8.78. The number of carboxylic acid groups (broad SMARTS) is 1. The van der Waals surface area contributed by atoms with E-state index in [4.69, 9.17) is 0 Å². The van der Waals surface area contributed by atoms with Gasteiger partial charge in [-0.3, -0.25) is 4.79 Å². The van der Waals surface area contributed by atoms with E-state index in [-0.39, 0.29) is 18.0 Å². The molecule has 0 aromatic carbocycles. The van der Waals surface area contributed by atoms with Crippen LogP contribution in [0.15, 0.2) is 0 Å². The van der Waals surface area contributed by atoms with Crippen molar-refractivity contribution < 1.29 is 14.7 Å². The molecule has 2 amide bonds. The average Bonchev–Trinajstić information content (AvgIpc) is 2.41. The quantitative estimate of drug-likeness (QED) is 0.694. The topological polar surface area (TPSA) is 78.4 Å². The lowest BCUT2D eigenvalue weighted by Crippen LogP contribution is -2.43. The molecule has 1 heterocycles. The molecule has 2 unspecified atom stereocenters. The number of thioether (sulfide) groups is 2. The minimum absolute atomic E-state index is 0.0722. The van der Waals surface area contributed by atoms with Crippen molar-refractivity contribution in [3.05, 3.63) is 0 Å². The highest BCUT2D eigenvalue weighted by Gasteiger charge is 2.25. The van der Waals surface area contributed by atoms with Crippen LogP contribution in [0.4, 0.5) is 4.79 Å². The van der Waals surface area contributed by atoms with Gasteiger partial charge in [0.05, 0.1) is 5.92 Å². The Morgan fingerprint density at radius 2 is 2.00 bits per heavy atom. The van der Waals surface area contributed by atoms with Gasteiger partial charge in [0.25, 0.3) is 0 Å². The number of nitrogens with one attached hydrogen (secondary N) is 2. The maximum Gasteiger partial charge on any atom is 0.314 e. The zero-order valence-electron chi connectivity index (χ0n) is 13.0. The van der Waals surface area contributed by atoms with Gasteiger partial charge in [-0.05, 0) is 11.8 Å². The number of carbonyl (C=O) groups excluding carboxylic acids is 1. The molecule has 1 aliphatic rings. The molecule has 1 aliphatic heterocycles. The van der Waals surface area contributed by atoms with Gasteiger partial charge in [-0.15, -0.1) is 0 Å². The third-order valence-electron chi connectivity index (χ3n) is 3.09. The van der Waals surface area contributed by atoms with E-state index in [9.17, 15) is 14.7 Å². The summed E-state index contributed by atoms with van der Waals surface area (Å²) in [4.78, 5) is 23.0. The van der Waals surface area contributed by atoms with Crippen LogP contribution in [-0.4, -0.2) is 52.7 Å². The van der Waals surface area contributed by atoms with Crippen molar-refractivity contribution in [3.8, 4) is 0 Å². The van der Waals surface area contributed by atoms with E-state index in [1.54, 1.807) is 0 Å². The van der Waals surface area contributed by atoms with E-state index in [1.165, 1.54) is 5.75 Å². The molecule has 1 fully saturated rings. The number of carboxylic acids is 1. The van der Waals surface area contributed by atoms with Gasteiger partial charge in [0.15, 0.2) is 0 Å². The van der Waals surface area contributed by atoms with Crippen LogP contribution in [0.5, 0.6) is 0 Å². The van der Waals surface area contributed by atoms with Gasteiger partial charge < -0.3 is 15.7 Å². The standard InChI is InChI=1S/C14H26N2O3S2/c1-14(2,3)6-10(12(17)18)7-15-13(19)16-8-11-9-20-4-5-21-11/h10-11H,4-9H2,1-3H3,(H,17,18)(H2,15,16,19). The summed E-state index contributed by atoms with van der Waals surface area (Å²) in [7, 11) is 0. The van der Waals surface area contributed by atoms with Crippen molar-refractivity contribution in [2.75, 3.05) is 30.3 Å². The van der Waals surface area contributed by atoms with Crippen molar-refractivity contribution in [1.82, 2.24) is 10.6 Å². The molecular formula is C14H26N2O3S2. The van der Waals surface area contributed by atoms with Crippen LogP contribution in [-0.2, 0) is 4.79 Å². The summed E-state index contributed by atoms with van der Waals surface area (Å²) in [5.74, 6) is 1.97. The molecule has 0 aliphatic carbocycles. The zero-order valence-corrected chi connectivity index (χ0v) is 14.6. The van der Waals surface area contributed by atoms with Gasteiger partial charge in [0.2, 0.25) is 0 Å². The van der Waals surface area contributed by atoms with E-state index in [1.807, 2.05) is 44.3 Å². The monoisotopic (exact) mass is 334 g/mol. The second-order valence-electron chi connectivity index (χ2n) is 6.46. The molecule has 21 heavy (non-hydrogen) atoms. The molecule has 1 saturated heterocycles. The Kier molecular flexibility index (Phi) is 7.73. The van der Waals surface area contributed by atoms with Gasteiger partial charge in [-0.25, -0.2) is 4.79 Å². The fourth-order valence-corrected chi connectivity index (χ4v) is 4.74. The Morgan fingerprint density at radius 1 is 1.29 bits per heavy atom. The van der Waals surface area contributed by atoms with Crippen LogP contribution in [0, 0.1) is 11.3 Å². The fraction of sp³-hybridized carbons (Fsp3) is 0.857. The van der Waals surface area contributed by atoms with Gasteiger partial charge in [-0.2, -0.15) is 23.5 Å². The van der Waals surface area contributed by atoms with Gasteiger partial charge in [0, 0.05) is 35.6 Å². The molecule has 0 aromatic heterocycles. The van der Waals surface area contributed by atoms with Gasteiger partial charge in [0.1, 0.15) is 0 Å². The summed E-state index contributed by atoms with van der Waals surface area (Å²) in [6.45, 7) is 6.81. The number of aliphatic carboxylic acids is 1. The first kappa shape index (κ1) is 18.5. The number of hydrogen-bond acceptors (Lipinski definition) is 4. The lowest BCUT2D eigenvalue weighted by molar-refractivity contribution is -0.142. The smallest absolute Gasteiger partial charge is 0.314 e. The van der Waals surface area contributed by atoms with Crippen LogP contribution in [0.3, 0.4) is 0 Å². The summed E-state index contributed by atoms with van der Waals surface area (Å²) in [6.07, 6.45) is 0.539. The maximum absolute atomic E-state index is 11.7. The van der Waals surface area contributed by atoms with Crippen LogP contribution in [0.2, 0.25) is 0 Å². The normalized spacial score (nSPS) is 20.6. The largest absolute Gasteiger partial charge is 0.481 e. The second-order valence-corrected chi connectivity index (χ2v) is 9.02. The SMILES string of the molecule is CC(C)(C)CC(CNC(=O)NCC1CSCCS1)C(=O)O. The first-order valence-corrected chi connectivity index (χ1v) is 9.42. The zero-order chi connectivity index (χ0) is 15.9. The van der Waals surface area contributed by atoms with E-state index >= 15 is 0 Å². The molecule has 1 rings (SSSR count). The molecule has 122 valence electrons. The van der Waals surface area contributed by atoms with Crippen molar-refractivity contribution in [3.63, 3.8) is 0 Å². The molecule has 0 bridgehead atoms. The Balaban J connectivity index is 2.27. The van der Waals surface area contributed by atoms with Crippen molar-refractivity contribution >= 4 is 35.5 Å². The first-order chi connectivity index (χ1) is 9.78. The number of rotatable bonds is 6. The van der Waals surface area contributed by atoms with Crippen molar-refractivity contribution in [1.29, 1.82) is 0 Å². The molecule has 7 heteroatoms. The van der Waals surface area contributed by atoms with Gasteiger partial charge in [-0.1, -0.05) is 20.8 Å². The number of hydrogen-bond donors (Lipinski definition) is 3. The molecule has 0 aromatic rings. The fourth-order valence-electron chi connectivity index (χ4n) is 2.13. The van der Waals surface area contributed by atoms with E-state index in [0.717, 1.165) is 11.5 Å². The highest BCUT2D eigenvalue weighted by molar-refractivity contribution is 8.06. The molecule has 5 nitrogen and oxygen atoms in total. The lowest BCUT2D eigenvalue weighted by Gasteiger charge is -2.24. The van der Waals surface area contributed by atoms with Crippen LogP contribution >= 0.6 is 23.5 Å².